The summed E-state index contributed by atoms with van der Waals surface area (Å²) in [6.45, 7) is 5.95. The number of benzene rings is 1. The van der Waals surface area contributed by atoms with Gasteiger partial charge in [-0.05, 0) is 55.7 Å². The van der Waals surface area contributed by atoms with Gasteiger partial charge in [0.05, 0.1) is 27.2 Å². The van der Waals surface area contributed by atoms with E-state index < -0.39 is 0 Å². The van der Waals surface area contributed by atoms with Gasteiger partial charge in [-0.2, -0.15) is 0 Å². The third-order valence-electron chi connectivity index (χ3n) is 5.63. The average molecular weight is 434 g/mol. The van der Waals surface area contributed by atoms with Gasteiger partial charge in [0.1, 0.15) is 0 Å². The van der Waals surface area contributed by atoms with Gasteiger partial charge in [0, 0.05) is 37.6 Å². The van der Waals surface area contributed by atoms with Gasteiger partial charge in [0.15, 0.2) is 0 Å². The zero-order valence-electron chi connectivity index (χ0n) is 17.5. The summed E-state index contributed by atoms with van der Waals surface area (Å²) in [6.07, 6.45) is 0. The molecule has 0 unspecified atom stereocenters. The molecule has 1 saturated heterocycles. The number of rotatable bonds is 4. The van der Waals surface area contributed by atoms with E-state index in [1.54, 1.807) is 11.3 Å². The first-order valence-electron chi connectivity index (χ1n) is 10.2. The molecule has 7 nitrogen and oxygen atoms in total. The maximum Gasteiger partial charge on any atom is 0.259 e. The number of fused-ring (bicyclic) bond motifs is 1. The minimum Gasteiger partial charge on any atom is -0.369 e. The minimum atomic E-state index is -0.205. The monoisotopic (exact) mass is 433 g/mol. The number of hydrogen-bond donors (Lipinski definition) is 1. The highest BCUT2D eigenvalue weighted by Gasteiger charge is 2.20. The standard InChI is InChI=1S/C23H23N5O2S/c1-15-21-18(14-19(20-4-3-13-31-20)25-23(21)30-26-15)22(29)24-16-5-7-17(8-6-16)28-11-9-27(2)10-12-28/h3-8,13-14H,9-12H2,1-2H3,(H,24,29). The van der Waals surface area contributed by atoms with E-state index in [4.69, 9.17) is 4.52 Å². The Kier molecular flexibility index (Phi) is 5.17. The van der Waals surface area contributed by atoms with Crippen molar-refractivity contribution in [2.75, 3.05) is 43.4 Å². The van der Waals surface area contributed by atoms with Crippen molar-refractivity contribution >= 4 is 39.7 Å². The molecule has 1 aliphatic heterocycles. The van der Waals surface area contributed by atoms with E-state index in [1.807, 2.05) is 42.6 Å². The van der Waals surface area contributed by atoms with Crippen molar-refractivity contribution in [3.63, 3.8) is 0 Å². The van der Waals surface area contributed by atoms with E-state index in [0.717, 1.165) is 36.7 Å². The SMILES string of the molecule is Cc1noc2nc(-c3cccs3)cc(C(=O)Nc3ccc(N4CCN(C)CC4)cc3)c12. The fourth-order valence-corrected chi connectivity index (χ4v) is 4.53. The van der Waals surface area contributed by atoms with Gasteiger partial charge in [-0.25, -0.2) is 4.98 Å². The molecular formula is C23H23N5O2S. The van der Waals surface area contributed by atoms with Crippen molar-refractivity contribution in [1.82, 2.24) is 15.0 Å². The van der Waals surface area contributed by atoms with Crippen LogP contribution in [0.25, 0.3) is 21.7 Å². The van der Waals surface area contributed by atoms with E-state index in [1.165, 1.54) is 5.69 Å². The van der Waals surface area contributed by atoms with Crippen LogP contribution in [0.5, 0.6) is 0 Å². The number of carbonyl (C=O) groups excluding carboxylic acids is 1. The summed E-state index contributed by atoms with van der Waals surface area (Å²) >= 11 is 1.57. The molecule has 0 atom stereocenters. The number of likely N-dealkylation sites (N-methyl/N-ethyl adjacent to an activating group) is 1. The number of hydrogen-bond acceptors (Lipinski definition) is 7. The molecule has 0 radical (unpaired) electrons. The van der Waals surface area contributed by atoms with Crippen LogP contribution in [0.1, 0.15) is 16.1 Å². The highest BCUT2D eigenvalue weighted by molar-refractivity contribution is 7.13. The van der Waals surface area contributed by atoms with Gasteiger partial charge < -0.3 is 19.6 Å². The molecule has 0 bridgehead atoms. The van der Waals surface area contributed by atoms with Crippen LogP contribution in [0.2, 0.25) is 0 Å². The number of amides is 1. The summed E-state index contributed by atoms with van der Waals surface area (Å²) in [5.41, 5.74) is 4.16. The third kappa shape index (κ3) is 3.92. The van der Waals surface area contributed by atoms with Crippen LogP contribution >= 0.6 is 11.3 Å². The molecule has 8 heteroatoms. The summed E-state index contributed by atoms with van der Waals surface area (Å²) in [5, 5.41) is 9.66. The number of nitrogens with one attached hydrogen (secondary N) is 1. The second kappa shape index (κ2) is 8.13. The summed E-state index contributed by atoms with van der Waals surface area (Å²) in [4.78, 5) is 23.4. The highest BCUT2D eigenvalue weighted by Crippen LogP contribution is 2.30. The van der Waals surface area contributed by atoms with Gasteiger partial charge in [-0.1, -0.05) is 11.2 Å². The molecule has 1 fully saturated rings. The van der Waals surface area contributed by atoms with Gasteiger partial charge in [-0.15, -0.1) is 11.3 Å². The Morgan fingerprint density at radius 2 is 1.90 bits per heavy atom. The van der Waals surface area contributed by atoms with Crippen LogP contribution < -0.4 is 10.2 Å². The van der Waals surface area contributed by atoms with Crippen molar-refractivity contribution < 1.29 is 9.32 Å². The van der Waals surface area contributed by atoms with E-state index >= 15 is 0 Å². The van der Waals surface area contributed by atoms with Gasteiger partial charge in [0.2, 0.25) is 0 Å². The van der Waals surface area contributed by atoms with Crippen molar-refractivity contribution in [1.29, 1.82) is 0 Å². The fourth-order valence-electron chi connectivity index (χ4n) is 3.84. The smallest absolute Gasteiger partial charge is 0.259 e. The van der Waals surface area contributed by atoms with Crippen LogP contribution in [-0.4, -0.2) is 54.2 Å². The Morgan fingerprint density at radius 1 is 1.13 bits per heavy atom. The number of carbonyl (C=O) groups is 1. The molecule has 5 rings (SSSR count). The van der Waals surface area contributed by atoms with Crippen LogP contribution in [0, 0.1) is 6.92 Å². The number of pyridine rings is 1. The zero-order chi connectivity index (χ0) is 21.4. The zero-order valence-corrected chi connectivity index (χ0v) is 18.3. The Labute approximate surface area is 184 Å². The number of piperazine rings is 1. The molecule has 4 aromatic rings. The lowest BCUT2D eigenvalue weighted by Gasteiger charge is -2.34. The van der Waals surface area contributed by atoms with E-state index in [0.29, 0.717) is 28.1 Å². The average Bonchev–Trinajstić information content (AvgIpc) is 3.45. The fraction of sp³-hybridized carbons (Fsp3) is 0.261. The van der Waals surface area contributed by atoms with E-state index in [-0.39, 0.29) is 5.91 Å². The Morgan fingerprint density at radius 3 is 2.61 bits per heavy atom. The van der Waals surface area contributed by atoms with Crippen molar-refractivity contribution in [2.24, 2.45) is 0 Å². The summed E-state index contributed by atoms with van der Waals surface area (Å²) in [5.74, 6) is -0.205. The molecule has 0 spiro atoms. The molecule has 4 heterocycles. The molecular weight excluding hydrogens is 410 g/mol. The molecule has 31 heavy (non-hydrogen) atoms. The number of nitrogens with zero attached hydrogens (tertiary/aromatic N) is 4. The lowest BCUT2D eigenvalue weighted by molar-refractivity contribution is 0.102. The molecule has 1 aromatic carbocycles. The maximum absolute atomic E-state index is 13.2. The normalized spacial score (nSPS) is 14.8. The third-order valence-corrected chi connectivity index (χ3v) is 6.52. The number of aryl methyl sites for hydroxylation is 1. The van der Waals surface area contributed by atoms with Crippen LogP contribution in [-0.2, 0) is 0 Å². The molecule has 1 N–H and O–H groups in total. The molecule has 1 amide bonds. The lowest BCUT2D eigenvalue weighted by Crippen LogP contribution is -2.44. The predicted molar refractivity (Wildman–Crippen MR) is 124 cm³/mol. The van der Waals surface area contributed by atoms with E-state index in [2.05, 4.69) is 44.4 Å². The Balaban J connectivity index is 1.41. The summed E-state index contributed by atoms with van der Waals surface area (Å²) < 4.78 is 5.37. The van der Waals surface area contributed by atoms with Crippen LogP contribution in [0.3, 0.4) is 0 Å². The molecule has 1 aliphatic rings. The number of anilines is 2. The second-order valence-electron chi connectivity index (χ2n) is 7.77. The summed E-state index contributed by atoms with van der Waals surface area (Å²) in [6, 6.07) is 13.8. The lowest BCUT2D eigenvalue weighted by atomic mass is 10.1. The first-order valence-corrected chi connectivity index (χ1v) is 11.1. The molecule has 0 aliphatic carbocycles. The first-order chi connectivity index (χ1) is 15.1. The quantitative estimate of drug-likeness (QED) is 0.518. The van der Waals surface area contributed by atoms with Crippen LogP contribution in [0.4, 0.5) is 11.4 Å². The van der Waals surface area contributed by atoms with E-state index in [9.17, 15) is 4.79 Å². The van der Waals surface area contributed by atoms with Crippen molar-refractivity contribution in [3.05, 3.63) is 59.1 Å². The molecule has 3 aromatic heterocycles. The largest absolute Gasteiger partial charge is 0.369 e. The highest BCUT2D eigenvalue weighted by atomic mass is 32.1. The number of thiophene rings is 1. The molecule has 0 saturated carbocycles. The first kappa shape index (κ1) is 19.7. The topological polar surface area (TPSA) is 74.5 Å². The second-order valence-corrected chi connectivity index (χ2v) is 8.72. The van der Waals surface area contributed by atoms with Gasteiger partial charge in [-0.3, -0.25) is 4.79 Å². The maximum atomic E-state index is 13.2. The van der Waals surface area contributed by atoms with Crippen molar-refractivity contribution in [3.8, 4) is 10.6 Å². The Hall–Kier alpha value is -3.23. The van der Waals surface area contributed by atoms with Crippen molar-refractivity contribution in [2.45, 2.75) is 6.92 Å². The predicted octanol–water partition coefficient (Wildman–Crippen LogP) is 4.26. The Bertz CT molecular complexity index is 1210. The molecule has 158 valence electrons. The minimum absolute atomic E-state index is 0.205. The van der Waals surface area contributed by atoms with Gasteiger partial charge in [0.25, 0.3) is 11.6 Å². The van der Waals surface area contributed by atoms with Gasteiger partial charge >= 0.3 is 0 Å². The summed E-state index contributed by atoms with van der Waals surface area (Å²) in [7, 11) is 2.15. The van der Waals surface area contributed by atoms with Crippen LogP contribution in [0.15, 0.2) is 52.4 Å². The number of aromatic nitrogens is 2.